The Morgan fingerprint density at radius 3 is 2.71 bits per heavy atom. The molecule has 0 amide bonds. The van der Waals surface area contributed by atoms with Gasteiger partial charge < -0.3 is 4.74 Å². The smallest absolute Gasteiger partial charge is 0.331 e. The van der Waals surface area contributed by atoms with Crippen LogP contribution in [0.25, 0.3) is 5.03 Å². The van der Waals surface area contributed by atoms with E-state index in [0.717, 1.165) is 6.08 Å². The molecule has 0 heterocycles. The number of carbonyl (C=O) groups excluding carboxylic acids is 1. The van der Waals surface area contributed by atoms with Gasteiger partial charge in [-0.1, -0.05) is 35.3 Å². The predicted molar refractivity (Wildman–Crippen MR) is 64.0 cm³/mol. The highest BCUT2D eigenvalue weighted by Crippen LogP contribution is 2.33. The second-order valence-electron chi connectivity index (χ2n) is 2.91. The summed E-state index contributed by atoms with van der Waals surface area (Å²) in [5.74, 6) is -0.669. The zero-order valence-electron chi connectivity index (χ0n) is 8.65. The van der Waals surface area contributed by atoms with Crippen LogP contribution in [0.5, 0.6) is 0 Å². The van der Waals surface area contributed by atoms with E-state index in [1.165, 1.54) is 25.3 Å². The van der Waals surface area contributed by atoms with Crippen LogP contribution < -0.4 is 0 Å². The molecule has 0 saturated heterocycles. The first-order valence-electron chi connectivity index (χ1n) is 4.35. The lowest BCUT2D eigenvalue weighted by Gasteiger charge is -2.02. The molecule has 0 bridgehead atoms. The first-order chi connectivity index (χ1) is 7.97. The van der Waals surface area contributed by atoms with Crippen molar-refractivity contribution in [2.45, 2.75) is 0 Å². The van der Waals surface area contributed by atoms with Crippen LogP contribution in [0.1, 0.15) is 5.56 Å². The van der Waals surface area contributed by atoms with Gasteiger partial charge >= 0.3 is 5.97 Å². The number of methoxy groups -OCH3 is 1. The Labute approximate surface area is 107 Å². The lowest BCUT2D eigenvalue weighted by molar-refractivity contribution is -0.384. The summed E-state index contributed by atoms with van der Waals surface area (Å²) < 4.78 is 4.38. The third-order valence-corrected chi connectivity index (χ3v) is 2.59. The second kappa shape index (κ2) is 5.65. The molecule has 17 heavy (non-hydrogen) atoms. The van der Waals surface area contributed by atoms with E-state index < -0.39 is 10.9 Å². The first-order valence-corrected chi connectivity index (χ1v) is 5.11. The fourth-order valence-electron chi connectivity index (χ4n) is 1.09. The van der Waals surface area contributed by atoms with E-state index >= 15 is 0 Å². The molecule has 0 aromatic heterocycles. The molecule has 5 nitrogen and oxygen atoms in total. The SMILES string of the molecule is COC(=O)C=C(Cl)c1cccc([N+](=O)[O-])c1Cl. The molecule has 7 heteroatoms. The van der Waals surface area contributed by atoms with Crippen molar-refractivity contribution in [1.29, 1.82) is 0 Å². The maximum Gasteiger partial charge on any atom is 0.331 e. The summed E-state index contributed by atoms with van der Waals surface area (Å²) in [5, 5.41) is 10.5. The second-order valence-corrected chi connectivity index (χ2v) is 3.70. The van der Waals surface area contributed by atoms with E-state index in [2.05, 4.69) is 4.74 Å². The van der Waals surface area contributed by atoms with Crippen LogP contribution in [-0.2, 0) is 9.53 Å². The third-order valence-electron chi connectivity index (χ3n) is 1.88. The van der Waals surface area contributed by atoms with Gasteiger partial charge in [-0.3, -0.25) is 10.1 Å². The molecule has 90 valence electrons. The molecule has 1 aromatic rings. The van der Waals surface area contributed by atoms with Crippen molar-refractivity contribution in [3.63, 3.8) is 0 Å². The highest BCUT2D eigenvalue weighted by Gasteiger charge is 2.17. The van der Waals surface area contributed by atoms with Crippen LogP contribution in [-0.4, -0.2) is 18.0 Å². The molecule has 0 aliphatic heterocycles. The Balaban J connectivity index is 3.24. The number of nitro groups is 1. The summed E-state index contributed by atoms with van der Waals surface area (Å²) in [6, 6.07) is 4.14. The van der Waals surface area contributed by atoms with Gasteiger partial charge in [-0.2, -0.15) is 0 Å². The molecule has 0 spiro atoms. The minimum atomic E-state index is -0.669. The average molecular weight is 276 g/mol. The summed E-state index contributed by atoms with van der Waals surface area (Å²) in [7, 11) is 1.19. The van der Waals surface area contributed by atoms with Crippen molar-refractivity contribution in [2.24, 2.45) is 0 Å². The maximum atomic E-state index is 11.0. The first kappa shape index (κ1) is 13.5. The molecule has 1 rings (SSSR count). The van der Waals surface area contributed by atoms with Crippen LogP contribution in [0.15, 0.2) is 24.3 Å². The maximum absolute atomic E-state index is 11.0. The van der Waals surface area contributed by atoms with Crippen molar-refractivity contribution in [3.8, 4) is 0 Å². The van der Waals surface area contributed by atoms with Gasteiger partial charge in [0, 0.05) is 17.7 Å². The van der Waals surface area contributed by atoms with Gasteiger partial charge in [0.15, 0.2) is 0 Å². The van der Waals surface area contributed by atoms with Crippen molar-refractivity contribution < 1.29 is 14.5 Å². The van der Waals surface area contributed by atoms with Crippen LogP contribution >= 0.6 is 23.2 Å². The quantitative estimate of drug-likeness (QED) is 0.368. The lowest BCUT2D eigenvalue weighted by atomic mass is 10.2. The molecule has 1 aromatic carbocycles. The molecule has 0 fully saturated rings. The Bertz CT molecular complexity index is 499. The van der Waals surface area contributed by atoms with E-state index in [1.54, 1.807) is 0 Å². The average Bonchev–Trinajstić information content (AvgIpc) is 2.28. The number of nitro benzene ring substituents is 1. The van der Waals surface area contributed by atoms with Crippen LogP contribution in [0, 0.1) is 10.1 Å². The number of hydrogen-bond donors (Lipinski definition) is 0. The summed E-state index contributed by atoms with van der Waals surface area (Å²) in [6.07, 6.45) is 0.993. The number of nitrogens with zero attached hydrogens (tertiary/aromatic N) is 1. The normalized spacial score (nSPS) is 11.1. The number of ether oxygens (including phenoxy) is 1. The Morgan fingerprint density at radius 2 is 2.18 bits per heavy atom. The summed E-state index contributed by atoms with van der Waals surface area (Å²) in [5.41, 5.74) is -0.0754. The van der Waals surface area contributed by atoms with Gasteiger partial charge in [-0.25, -0.2) is 4.79 Å². The van der Waals surface area contributed by atoms with Crippen LogP contribution in [0.2, 0.25) is 5.02 Å². The number of esters is 1. The predicted octanol–water partition coefficient (Wildman–Crippen LogP) is 3.00. The van der Waals surface area contributed by atoms with Gasteiger partial charge in [-0.05, 0) is 0 Å². The van der Waals surface area contributed by atoms with Crippen molar-refractivity contribution in [1.82, 2.24) is 0 Å². The Kier molecular flexibility index (Phi) is 4.48. The molecule has 0 unspecified atom stereocenters. The monoisotopic (exact) mass is 275 g/mol. The standard InChI is InChI=1S/C10H7Cl2NO4/c1-17-9(14)5-7(11)6-3-2-4-8(10(6)12)13(15)16/h2-5H,1H3. The van der Waals surface area contributed by atoms with Gasteiger partial charge in [0.2, 0.25) is 0 Å². The van der Waals surface area contributed by atoms with Crippen molar-refractivity contribution in [2.75, 3.05) is 7.11 Å². The number of hydrogen-bond acceptors (Lipinski definition) is 4. The molecule has 0 radical (unpaired) electrons. The molecule has 0 saturated carbocycles. The van der Waals surface area contributed by atoms with Gasteiger partial charge in [0.05, 0.1) is 17.1 Å². The van der Waals surface area contributed by atoms with Crippen molar-refractivity contribution >= 4 is 39.9 Å². The number of rotatable bonds is 3. The highest BCUT2D eigenvalue weighted by atomic mass is 35.5. The summed E-state index contributed by atoms with van der Waals surface area (Å²) >= 11 is 11.6. The number of benzene rings is 1. The number of halogens is 2. The van der Waals surface area contributed by atoms with Gasteiger partial charge in [0.25, 0.3) is 5.69 Å². The summed E-state index contributed by atoms with van der Waals surface area (Å²) in [4.78, 5) is 21.0. The van der Waals surface area contributed by atoms with Crippen molar-refractivity contribution in [3.05, 3.63) is 45.0 Å². The Hall–Kier alpha value is -1.59. The molecule has 0 aliphatic carbocycles. The minimum Gasteiger partial charge on any atom is -0.466 e. The zero-order valence-corrected chi connectivity index (χ0v) is 10.2. The fourth-order valence-corrected chi connectivity index (χ4v) is 1.68. The van der Waals surface area contributed by atoms with E-state index in [9.17, 15) is 14.9 Å². The third kappa shape index (κ3) is 3.18. The Morgan fingerprint density at radius 1 is 1.53 bits per heavy atom. The van der Waals surface area contributed by atoms with Gasteiger partial charge in [-0.15, -0.1) is 0 Å². The highest BCUT2D eigenvalue weighted by molar-refractivity contribution is 6.52. The minimum absolute atomic E-state index is 0.0226. The van der Waals surface area contributed by atoms with Crippen LogP contribution in [0.4, 0.5) is 5.69 Å². The number of carbonyl (C=O) groups is 1. The molecular formula is C10H7Cl2NO4. The van der Waals surface area contributed by atoms with Crippen LogP contribution in [0.3, 0.4) is 0 Å². The molecular weight excluding hydrogens is 269 g/mol. The topological polar surface area (TPSA) is 69.4 Å². The molecule has 0 N–H and O–H groups in total. The van der Waals surface area contributed by atoms with E-state index in [0.29, 0.717) is 0 Å². The molecule has 0 atom stereocenters. The zero-order chi connectivity index (χ0) is 13.0. The van der Waals surface area contributed by atoms with E-state index in [4.69, 9.17) is 23.2 Å². The van der Waals surface area contributed by atoms with Gasteiger partial charge in [0.1, 0.15) is 5.02 Å². The van der Waals surface area contributed by atoms with E-state index in [-0.39, 0.29) is 21.3 Å². The van der Waals surface area contributed by atoms with E-state index in [1.807, 2.05) is 0 Å². The lowest BCUT2D eigenvalue weighted by Crippen LogP contribution is -1.96. The summed E-state index contributed by atoms with van der Waals surface area (Å²) in [6.45, 7) is 0. The molecule has 0 aliphatic rings. The largest absolute Gasteiger partial charge is 0.466 e. The fraction of sp³-hybridized carbons (Fsp3) is 0.100.